The summed E-state index contributed by atoms with van der Waals surface area (Å²) in [6.07, 6.45) is 0. The Hall–Kier alpha value is -3.42. The van der Waals surface area contributed by atoms with Gasteiger partial charge in [0.1, 0.15) is 0 Å². The summed E-state index contributed by atoms with van der Waals surface area (Å²) in [5.41, 5.74) is 0. The van der Waals surface area contributed by atoms with Crippen molar-refractivity contribution in [2.75, 3.05) is 0 Å². The molecular formula is C37H30IOP2+. The summed E-state index contributed by atoms with van der Waals surface area (Å²) in [6, 6.07) is 63.0. The van der Waals surface area contributed by atoms with E-state index in [9.17, 15) is 0 Å². The molecule has 0 aliphatic heterocycles. The maximum atomic E-state index is 16.7. The van der Waals surface area contributed by atoms with E-state index in [-0.39, 0.29) is 5.27 Å². The van der Waals surface area contributed by atoms with Gasteiger partial charge in [0.25, 0.3) is 0 Å². The van der Waals surface area contributed by atoms with Crippen molar-refractivity contribution in [2.24, 2.45) is 0 Å². The molecule has 0 atom stereocenters. The molecule has 0 N–H and O–H groups in total. The molecule has 0 saturated heterocycles. The van der Waals surface area contributed by atoms with Crippen molar-refractivity contribution in [1.82, 2.24) is 0 Å². The van der Waals surface area contributed by atoms with Crippen LogP contribution >= 0.6 is 33.5 Å². The van der Waals surface area contributed by atoms with E-state index in [0.717, 1.165) is 31.8 Å². The Morgan fingerprint density at radius 3 is 0.854 bits per heavy atom. The second-order valence-electron chi connectivity index (χ2n) is 9.98. The minimum absolute atomic E-state index is 0.288. The fourth-order valence-corrected chi connectivity index (χ4v) is 23.2. The number of halogens is 1. The zero-order valence-corrected chi connectivity index (χ0v) is 26.4. The van der Waals surface area contributed by atoms with Gasteiger partial charge in [0, 0.05) is 0 Å². The number of carbonyl (C=O) groups excluding carboxylic acids is 1. The molecule has 0 aliphatic carbocycles. The molecule has 0 fully saturated rings. The monoisotopic (exact) mass is 679 g/mol. The molecule has 0 saturated carbocycles. The van der Waals surface area contributed by atoms with Gasteiger partial charge in [0.05, 0.1) is 0 Å². The normalized spacial score (nSPS) is 12.7. The summed E-state index contributed by atoms with van der Waals surface area (Å²) in [6.45, 7) is 0. The standard InChI is InChI=1S/C37H30IOP2/c38-41(34-25-13-4-14-26-34,35-27-15-5-16-28-35,36-29-17-6-18-30-36)37(39)40(31-19-7-1-8-20-31,32-21-9-2-10-22-32)33-23-11-3-12-24-33/h1-30H/q+1. The van der Waals surface area contributed by atoms with Crippen molar-refractivity contribution in [3.8, 4) is 0 Å². The molecule has 0 amide bonds. The third-order valence-corrected chi connectivity index (χ3v) is 25.7. The van der Waals surface area contributed by atoms with E-state index in [2.05, 4.69) is 168 Å². The summed E-state index contributed by atoms with van der Waals surface area (Å²) in [5.74, 6) is 0. The number of benzene rings is 6. The molecule has 6 rings (SSSR count). The summed E-state index contributed by atoms with van der Waals surface area (Å²) < 4.78 is -3.87. The molecule has 0 aliphatic rings. The Kier molecular flexibility index (Phi) is 7.75. The van der Waals surface area contributed by atoms with Crippen molar-refractivity contribution < 1.29 is 4.79 Å². The number of rotatable bonds is 8. The molecule has 4 heteroatoms. The third-order valence-electron chi connectivity index (χ3n) is 7.80. The van der Waals surface area contributed by atoms with Gasteiger partial charge in [-0.05, 0) is 0 Å². The number of hydrogen-bond donors (Lipinski definition) is 0. The minimum atomic E-state index is -3.87. The number of carbonyl (C=O) groups is 1. The van der Waals surface area contributed by atoms with Crippen molar-refractivity contribution >= 4 is 70.6 Å². The van der Waals surface area contributed by atoms with Gasteiger partial charge in [-0.3, -0.25) is 0 Å². The average Bonchev–Trinajstić information content (AvgIpc) is 3.07. The second-order valence-corrected chi connectivity index (χ2v) is 23.4. The molecule has 0 heterocycles. The second kappa shape index (κ2) is 11.5. The Morgan fingerprint density at radius 2 is 0.610 bits per heavy atom. The summed E-state index contributed by atoms with van der Waals surface area (Å²) in [7, 11) is -2.92. The van der Waals surface area contributed by atoms with E-state index in [1.807, 2.05) is 36.4 Å². The van der Waals surface area contributed by atoms with Crippen LogP contribution in [0.2, 0.25) is 0 Å². The molecule has 0 unspecified atom stereocenters. The van der Waals surface area contributed by atoms with E-state index in [1.165, 1.54) is 0 Å². The van der Waals surface area contributed by atoms with Gasteiger partial charge in [-0.2, -0.15) is 0 Å². The Labute approximate surface area is 256 Å². The van der Waals surface area contributed by atoms with Crippen molar-refractivity contribution in [1.29, 1.82) is 0 Å². The quantitative estimate of drug-likeness (QED) is 0.118. The predicted octanol–water partition coefficient (Wildman–Crippen LogP) is 7.98. The summed E-state index contributed by atoms with van der Waals surface area (Å²) in [5, 5.41) is 6.68. The fraction of sp³-hybridized carbons (Fsp3) is 0. The molecule has 1 nitrogen and oxygen atoms in total. The van der Waals surface area contributed by atoms with Crippen LogP contribution in [0.15, 0.2) is 182 Å². The molecule has 0 bridgehead atoms. The molecule has 0 aromatic heterocycles. The van der Waals surface area contributed by atoms with Crippen LogP contribution in [0, 0.1) is 0 Å². The van der Waals surface area contributed by atoms with Crippen LogP contribution in [-0.2, 0) is 0 Å². The third kappa shape index (κ3) is 4.32. The van der Waals surface area contributed by atoms with Crippen molar-refractivity contribution in [3.05, 3.63) is 182 Å². The predicted molar refractivity (Wildman–Crippen MR) is 190 cm³/mol. The number of hydrogen-bond acceptors (Lipinski definition) is 1. The Balaban J connectivity index is 1.87. The van der Waals surface area contributed by atoms with E-state index < -0.39 is 11.5 Å². The zero-order chi connectivity index (χ0) is 28.2. The van der Waals surface area contributed by atoms with Crippen LogP contribution in [0.25, 0.3) is 0 Å². The molecule has 0 radical (unpaired) electrons. The molecular weight excluding hydrogens is 649 g/mol. The Morgan fingerprint density at radius 1 is 0.390 bits per heavy atom. The SMILES string of the molecule is O=C([P+](c1ccccc1)(c1ccccc1)c1ccccc1)P(I)(c1ccccc1)(c1ccccc1)c1ccccc1. The summed E-state index contributed by atoms with van der Waals surface area (Å²) >= 11 is 2.65. The van der Waals surface area contributed by atoms with Gasteiger partial charge < -0.3 is 0 Å². The summed E-state index contributed by atoms with van der Waals surface area (Å²) in [4.78, 5) is 16.7. The maximum absolute atomic E-state index is 16.7. The van der Waals surface area contributed by atoms with Crippen molar-refractivity contribution in [2.45, 2.75) is 0 Å². The first kappa shape index (κ1) is 27.7. The molecule has 6 aromatic carbocycles. The first-order valence-corrected chi connectivity index (χ1v) is 20.4. The molecule has 6 aromatic rings. The van der Waals surface area contributed by atoms with Gasteiger partial charge in [-0.25, -0.2) is 0 Å². The van der Waals surface area contributed by atoms with E-state index in [4.69, 9.17) is 0 Å². The average molecular weight is 679 g/mol. The van der Waals surface area contributed by atoms with Gasteiger partial charge in [0.2, 0.25) is 0 Å². The molecule has 200 valence electrons. The van der Waals surface area contributed by atoms with Gasteiger partial charge in [-0.15, -0.1) is 0 Å². The first-order valence-electron chi connectivity index (χ1n) is 13.6. The van der Waals surface area contributed by atoms with E-state index in [1.54, 1.807) is 0 Å². The zero-order valence-electron chi connectivity index (χ0n) is 22.5. The fourth-order valence-electron chi connectivity index (χ4n) is 5.92. The molecule has 0 spiro atoms. The van der Waals surface area contributed by atoms with E-state index >= 15 is 4.79 Å². The molecule has 41 heavy (non-hydrogen) atoms. The van der Waals surface area contributed by atoms with Gasteiger partial charge in [0.15, 0.2) is 0 Å². The topological polar surface area (TPSA) is 17.1 Å². The van der Waals surface area contributed by atoms with Crippen LogP contribution in [-0.4, -0.2) is 5.27 Å². The van der Waals surface area contributed by atoms with Crippen molar-refractivity contribution in [3.63, 3.8) is 0 Å². The van der Waals surface area contributed by atoms with Crippen LogP contribution in [0.1, 0.15) is 0 Å². The van der Waals surface area contributed by atoms with E-state index in [0.29, 0.717) is 0 Å². The van der Waals surface area contributed by atoms with Crippen LogP contribution in [0.3, 0.4) is 0 Å². The van der Waals surface area contributed by atoms with Crippen LogP contribution in [0.4, 0.5) is 4.79 Å². The van der Waals surface area contributed by atoms with Crippen LogP contribution in [0.5, 0.6) is 0 Å². The van der Waals surface area contributed by atoms with Gasteiger partial charge in [-0.1, -0.05) is 0 Å². The van der Waals surface area contributed by atoms with Gasteiger partial charge >= 0.3 is 257 Å². The van der Waals surface area contributed by atoms with Crippen LogP contribution < -0.4 is 31.8 Å². The first-order chi connectivity index (χ1) is 20.1. The Bertz CT molecular complexity index is 1550.